The Labute approximate surface area is 197 Å². The molecule has 1 aliphatic rings. The lowest BCUT2D eigenvalue weighted by Crippen LogP contribution is -2.44. The van der Waals surface area contributed by atoms with Crippen molar-refractivity contribution in [1.82, 2.24) is 34.8 Å². The Morgan fingerprint density at radius 3 is 2.82 bits per heavy atom. The van der Waals surface area contributed by atoms with Crippen LogP contribution in [0.25, 0.3) is 22.2 Å². The fraction of sp³-hybridized carbons (Fsp3) is 0.333. The molecule has 4 aromatic heterocycles. The van der Waals surface area contributed by atoms with Gasteiger partial charge in [-0.05, 0) is 48.4 Å². The molecule has 0 saturated heterocycles. The third-order valence-electron chi connectivity index (χ3n) is 7.01. The number of nitrogens with zero attached hydrogens (tertiary/aromatic N) is 7. The van der Waals surface area contributed by atoms with E-state index in [2.05, 4.69) is 37.5 Å². The summed E-state index contributed by atoms with van der Waals surface area (Å²) in [5, 5.41) is 13.0. The minimum Gasteiger partial charge on any atom is -0.383 e. The van der Waals surface area contributed by atoms with Crippen LogP contribution in [-0.2, 0) is 23.8 Å². The Morgan fingerprint density at radius 2 is 2.12 bits per heavy atom. The summed E-state index contributed by atoms with van der Waals surface area (Å²) in [4.78, 5) is 27.7. The number of nitrogen functional groups attached to an aromatic ring is 1. The molecule has 3 N–H and O–H groups in total. The molecule has 5 rings (SSSR count). The minimum absolute atomic E-state index is 0.0582. The van der Waals surface area contributed by atoms with Crippen LogP contribution in [0.2, 0.25) is 0 Å². The van der Waals surface area contributed by atoms with Crippen molar-refractivity contribution in [2.24, 2.45) is 7.05 Å². The molecule has 4 aromatic rings. The van der Waals surface area contributed by atoms with Gasteiger partial charge in [0, 0.05) is 44.4 Å². The van der Waals surface area contributed by atoms with Crippen LogP contribution in [0, 0.1) is 0 Å². The molecule has 0 fully saturated rings. The quantitative estimate of drug-likeness (QED) is 0.468. The fourth-order valence-corrected chi connectivity index (χ4v) is 5.03. The topological polar surface area (TPSA) is 128 Å². The smallest absolute Gasteiger partial charge is 0.219 e. The van der Waals surface area contributed by atoms with Crippen LogP contribution in [0.1, 0.15) is 37.8 Å². The van der Waals surface area contributed by atoms with Gasteiger partial charge in [0.1, 0.15) is 23.1 Å². The van der Waals surface area contributed by atoms with E-state index in [1.807, 2.05) is 37.2 Å². The average Bonchev–Trinajstić information content (AvgIpc) is 3.43. The van der Waals surface area contributed by atoms with Gasteiger partial charge in [0.25, 0.3) is 0 Å². The maximum absolute atomic E-state index is 12.2. The first kappa shape index (κ1) is 21.7. The first-order chi connectivity index (χ1) is 16.3. The van der Waals surface area contributed by atoms with Crippen molar-refractivity contribution in [2.45, 2.75) is 38.6 Å². The van der Waals surface area contributed by atoms with Crippen LogP contribution in [0.5, 0.6) is 0 Å². The predicted molar refractivity (Wildman–Crippen MR) is 130 cm³/mol. The number of hydrogen-bond donors (Lipinski definition) is 2. The zero-order chi connectivity index (χ0) is 24.0. The summed E-state index contributed by atoms with van der Waals surface area (Å²) in [5.74, 6) is 1.87. The van der Waals surface area contributed by atoms with E-state index in [0.717, 1.165) is 52.7 Å². The van der Waals surface area contributed by atoms with Crippen LogP contribution in [0.15, 0.2) is 36.8 Å². The van der Waals surface area contributed by atoms with Crippen LogP contribution in [0.3, 0.4) is 0 Å². The SMILES string of the molecule is CCC1(N(C)C(C)=O)CCc2c1ccnc2Nc1cc2cc(-c3cnnn3C)nc(N)c2cn1. The number of aryl methyl sites for hydroxylation is 1. The molecule has 1 aliphatic carbocycles. The second-order valence-electron chi connectivity index (χ2n) is 8.70. The normalized spacial score (nSPS) is 17.1. The maximum atomic E-state index is 12.2. The van der Waals surface area contributed by atoms with Crippen molar-refractivity contribution in [3.05, 3.63) is 47.9 Å². The Hall–Kier alpha value is -4.08. The number of nitrogens with two attached hydrogens (primary N) is 1. The lowest BCUT2D eigenvalue weighted by molar-refractivity contribution is -0.133. The highest BCUT2D eigenvalue weighted by Crippen LogP contribution is 2.45. The van der Waals surface area contributed by atoms with Crippen molar-refractivity contribution in [2.75, 3.05) is 18.1 Å². The second kappa shape index (κ2) is 8.05. The Kier molecular flexibility index (Phi) is 5.15. The van der Waals surface area contributed by atoms with Gasteiger partial charge in [-0.1, -0.05) is 12.1 Å². The molecule has 0 saturated carbocycles. The van der Waals surface area contributed by atoms with Gasteiger partial charge >= 0.3 is 0 Å². The number of nitrogens with one attached hydrogen (secondary N) is 1. The molecule has 0 spiro atoms. The minimum atomic E-state index is -0.316. The lowest BCUT2D eigenvalue weighted by Gasteiger charge is -2.38. The summed E-state index contributed by atoms with van der Waals surface area (Å²) >= 11 is 0. The van der Waals surface area contributed by atoms with E-state index in [9.17, 15) is 4.79 Å². The van der Waals surface area contributed by atoms with E-state index < -0.39 is 0 Å². The van der Waals surface area contributed by atoms with E-state index in [4.69, 9.17) is 5.73 Å². The molecule has 1 amide bonds. The van der Waals surface area contributed by atoms with Crippen molar-refractivity contribution >= 4 is 34.1 Å². The van der Waals surface area contributed by atoms with E-state index in [1.54, 1.807) is 30.2 Å². The predicted octanol–water partition coefficient (Wildman–Crippen LogP) is 3.18. The molecule has 10 nitrogen and oxygen atoms in total. The first-order valence-corrected chi connectivity index (χ1v) is 11.2. The molecule has 174 valence electrons. The third kappa shape index (κ3) is 3.33. The van der Waals surface area contributed by atoms with Crippen LogP contribution >= 0.6 is 0 Å². The number of hydrogen-bond acceptors (Lipinski definition) is 8. The largest absolute Gasteiger partial charge is 0.383 e. The van der Waals surface area contributed by atoms with Crippen molar-refractivity contribution in [1.29, 1.82) is 0 Å². The van der Waals surface area contributed by atoms with E-state index in [-0.39, 0.29) is 11.4 Å². The number of pyridine rings is 3. The number of fused-ring (bicyclic) bond motifs is 2. The molecule has 0 aliphatic heterocycles. The molecule has 4 heterocycles. The second-order valence-corrected chi connectivity index (χ2v) is 8.70. The summed E-state index contributed by atoms with van der Waals surface area (Å²) in [7, 11) is 3.69. The van der Waals surface area contributed by atoms with Gasteiger partial charge in [-0.15, -0.1) is 5.10 Å². The van der Waals surface area contributed by atoms with Crippen molar-refractivity contribution in [3.63, 3.8) is 0 Å². The highest BCUT2D eigenvalue weighted by Gasteiger charge is 2.43. The van der Waals surface area contributed by atoms with Gasteiger partial charge in [0.05, 0.1) is 17.4 Å². The molecule has 1 unspecified atom stereocenters. The Balaban J connectivity index is 1.53. The fourth-order valence-electron chi connectivity index (χ4n) is 5.03. The molecule has 34 heavy (non-hydrogen) atoms. The van der Waals surface area contributed by atoms with Gasteiger partial charge in [-0.2, -0.15) is 0 Å². The Morgan fingerprint density at radius 1 is 1.29 bits per heavy atom. The highest BCUT2D eigenvalue weighted by molar-refractivity contribution is 5.94. The van der Waals surface area contributed by atoms with Crippen LogP contribution in [-0.4, -0.2) is 47.8 Å². The molecule has 0 aromatic carbocycles. The summed E-state index contributed by atoms with van der Waals surface area (Å²) in [5.41, 5.74) is 9.63. The number of carbonyl (C=O) groups excluding carboxylic acids is 1. The first-order valence-electron chi connectivity index (χ1n) is 11.2. The van der Waals surface area contributed by atoms with Crippen LogP contribution < -0.4 is 11.1 Å². The summed E-state index contributed by atoms with van der Waals surface area (Å²) in [6.45, 7) is 3.74. The van der Waals surface area contributed by atoms with Crippen LogP contribution in [0.4, 0.5) is 17.5 Å². The zero-order valence-corrected chi connectivity index (χ0v) is 19.7. The molecule has 1 atom stereocenters. The summed E-state index contributed by atoms with van der Waals surface area (Å²) < 4.78 is 1.66. The van der Waals surface area contributed by atoms with Gasteiger partial charge in [0.15, 0.2) is 0 Å². The van der Waals surface area contributed by atoms with Crippen molar-refractivity contribution in [3.8, 4) is 11.4 Å². The maximum Gasteiger partial charge on any atom is 0.219 e. The third-order valence-corrected chi connectivity index (χ3v) is 7.01. The average molecular weight is 458 g/mol. The zero-order valence-electron chi connectivity index (χ0n) is 19.7. The van der Waals surface area contributed by atoms with Gasteiger partial charge in [-0.25, -0.2) is 19.6 Å². The number of aromatic nitrogens is 6. The number of carbonyl (C=O) groups is 1. The molecule has 10 heteroatoms. The van der Waals surface area contributed by atoms with Gasteiger partial charge < -0.3 is 16.0 Å². The van der Waals surface area contributed by atoms with E-state index in [1.165, 1.54) is 0 Å². The lowest BCUT2D eigenvalue weighted by atomic mass is 9.87. The molecular formula is C24H27N9O. The van der Waals surface area contributed by atoms with E-state index in [0.29, 0.717) is 17.3 Å². The number of amides is 1. The molecular weight excluding hydrogens is 430 g/mol. The molecule has 0 radical (unpaired) electrons. The standard InChI is InChI=1S/C24H27N9O/c1-5-24(32(3)14(2)34)8-6-16-18(24)7-9-26-23(16)30-21-11-15-10-19(20-13-28-31-33(20)4)29-22(25)17(15)12-27-21/h7,9-13H,5-6,8H2,1-4H3,(H2,25,29)(H,26,27,30). The molecule has 0 bridgehead atoms. The summed E-state index contributed by atoms with van der Waals surface area (Å²) in [6.07, 6.45) is 7.70. The monoisotopic (exact) mass is 457 g/mol. The summed E-state index contributed by atoms with van der Waals surface area (Å²) in [6, 6.07) is 5.92. The van der Waals surface area contributed by atoms with E-state index >= 15 is 0 Å². The Bertz CT molecular complexity index is 1410. The number of rotatable bonds is 5. The highest BCUT2D eigenvalue weighted by atomic mass is 16.2. The van der Waals surface area contributed by atoms with Gasteiger partial charge in [-0.3, -0.25) is 4.79 Å². The number of anilines is 3. The van der Waals surface area contributed by atoms with Gasteiger partial charge in [0.2, 0.25) is 5.91 Å². The van der Waals surface area contributed by atoms with Crippen molar-refractivity contribution < 1.29 is 4.79 Å².